The third kappa shape index (κ3) is 5.36. The van der Waals surface area contributed by atoms with Gasteiger partial charge in [-0.1, -0.05) is 41.6 Å². The fourth-order valence-corrected chi connectivity index (χ4v) is 4.50. The van der Waals surface area contributed by atoms with E-state index >= 15 is 0 Å². The van der Waals surface area contributed by atoms with Crippen LogP contribution in [0.15, 0.2) is 71.2 Å². The summed E-state index contributed by atoms with van der Waals surface area (Å²) in [5, 5.41) is 11.6. The highest BCUT2D eigenvalue weighted by atomic mass is 35.5. The Bertz CT molecular complexity index is 1260. The largest absolute Gasteiger partial charge is 0.495 e. The van der Waals surface area contributed by atoms with Crippen LogP contribution in [0.3, 0.4) is 0 Å². The monoisotopic (exact) mass is 499 g/mol. The van der Waals surface area contributed by atoms with Crippen molar-refractivity contribution < 1.29 is 14.3 Å². The lowest BCUT2D eigenvalue weighted by Gasteiger charge is -2.13. The number of nitrogens with one attached hydrogen (secondary N) is 2. The van der Waals surface area contributed by atoms with Crippen LogP contribution in [0.25, 0.3) is 16.4 Å². The molecule has 0 unspecified atom stereocenters. The van der Waals surface area contributed by atoms with E-state index in [0.29, 0.717) is 27.3 Å². The Hall–Kier alpha value is -3.34. The number of nitrogens with zero attached hydrogens (tertiary/aromatic N) is 3. The van der Waals surface area contributed by atoms with Crippen LogP contribution in [0.2, 0.25) is 5.02 Å². The molecule has 0 fully saturated rings. The standard InChI is InChI=1S/C22H18ClN5O3S2/c1-31-17-6-3-2-5-16(17)28-20(18-7-4-12-32-18)25-27-22(28)33-13-19(29)24-26-21(30)14-8-10-15(23)11-9-14/h2-12H,13H2,1H3,(H,24,29)(H,26,30). The van der Waals surface area contributed by atoms with Crippen LogP contribution in [-0.4, -0.2) is 39.4 Å². The molecule has 8 nitrogen and oxygen atoms in total. The number of hydrogen-bond acceptors (Lipinski definition) is 7. The van der Waals surface area contributed by atoms with Crippen LogP contribution in [0, 0.1) is 0 Å². The summed E-state index contributed by atoms with van der Waals surface area (Å²) < 4.78 is 7.38. The Balaban J connectivity index is 1.48. The first-order valence-electron chi connectivity index (χ1n) is 9.67. The van der Waals surface area contributed by atoms with Crippen LogP contribution in [-0.2, 0) is 4.79 Å². The summed E-state index contributed by atoms with van der Waals surface area (Å²) in [6.07, 6.45) is 0. The second-order valence-electron chi connectivity index (χ2n) is 6.59. The quantitative estimate of drug-likeness (QED) is 0.292. The summed E-state index contributed by atoms with van der Waals surface area (Å²) in [6, 6.07) is 17.7. The molecule has 0 saturated heterocycles. The predicted octanol–water partition coefficient (Wildman–Crippen LogP) is 4.21. The molecule has 0 saturated carbocycles. The van der Waals surface area contributed by atoms with Crippen LogP contribution >= 0.6 is 34.7 Å². The molecule has 0 atom stereocenters. The predicted molar refractivity (Wildman–Crippen MR) is 129 cm³/mol. The highest BCUT2D eigenvalue weighted by Crippen LogP contribution is 2.33. The summed E-state index contributed by atoms with van der Waals surface area (Å²) in [5.41, 5.74) is 5.94. The molecule has 2 N–H and O–H groups in total. The minimum absolute atomic E-state index is 0.0125. The maximum absolute atomic E-state index is 12.4. The molecule has 2 amide bonds. The number of thiophene rings is 1. The summed E-state index contributed by atoms with van der Waals surface area (Å²) in [7, 11) is 1.59. The van der Waals surface area contributed by atoms with Crippen molar-refractivity contribution in [1.82, 2.24) is 25.6 Å². The average molecular weight is 500 g/mol. The van der Waals surface area contributed by atoms with E-state index in [9.17, 15) is 9.59 Å². The van der Waals surface area contributed by atoms with Crippen molar-refractivity contribution in [3.8, 4) is 22.1 Å². The SMILES string of the molecule is COc1ccccc1-n1c(SCC(=O)NNC(=O)c2ccc(Cl)cc2)nnc1-c1cccs1. The molecule has 2 aromatic carbocycles. The Morgan fingerprint density at radius 2 is 1.85 bits per heavy atom. The molecule has 0 spiro atoms. The molecule has 4 rings (SSSR count). The van der Waals surface area contributed by atoms with Gasteiger partial charge in [-0.15, -0.1) is 21.5 Å². The summed E-state index contributed by atoms with van der Waals surface area (Å²) in [6.45, 7) is 0. The van der Waals surface area contributed by atoms with Gasteiger partial charge in [0.05, 0.1) is 23.4 Å². The molecule has 2 aromatic heterocycles. The zero-order valence-electron chi connectivity index (χ0n) is 17.3. The maximum Gasteiger partial charge on any atom is 0.269 e. The number of carbonyl (C=O) groups excluding carboxylic acids is 2. The minimum atomic E-state index is -0.442. The van der Waals surface area contributed by atoms with E-state index < -0.39 is 11.8 Å². The Morgan fingerprint density at radius 3 is 2.58 bits per heavy atom. The fraction of sp³-hybridized carbons (Fsp3) is 0.0909. The summed E-state index contributed by atoms with van der Waals surface area (Å²) >= 11 is 8.56. The molecule has 11 heteroatoms. The van der Waals surface area contributed by atoms with Gasteiger partial charge in [0.15, 0.2) is 11.0 Å². The van der Waals surface area contributed by atoms with Crippen LogP contribution in [0.1, 0.15) is 10.4 Å². The number of hydrazine groups is 1. The Kier molecular flexibility index (Phi) is 7.28. The number of benzene rings is 2. The third-order valence-electron chi connectivity index (χ3n) is 4.46. The number of rotatable bonds is 7. The molecular weight excluding hydrogens is 482 g/mol. The van der Waals surface area contributed by atoms with Gasteiger partial charge in [-0.3, -0.25) is 25.0 Å². The lowest BCUT2D eigenvalue weighted by Crippen LogP contribution is -2.42. The van der Waals surface area contributed by atoms with Crippen molar-refractivity contribution in [3.63, 3.8) is 0 Å². The van der Waals surface area contributed by atoms with E-state index in [0.717, 1.165) is 10.6 Å². The van der Waals surface area contributed by atoms with Gasteiger partial charge in [0.2, 0.25) is 5.91 Å². The van der Waals surface area contributed by atoms with Crippen LogP contribution in [0.4, 0.5) is 0 Å². The number of ether oxygens (including phenoxy) is 1. The van der Waals surface area contributed by atoms with Gasteiger partial charge in [0, 0.05) is 10.6 Å². The molecule has 4 aromatic rings. The molecular formula is C22H18ClN5O3S2. The van der Waals surface area contributed by atoms with Crippen molar-refractivity contribution in [1.29, 1.82) is 0 Å². The molecule has 0 aliphatic rings. The third-order valence-corrected chi connectivity index (χ3v) is 6.50. The average Bonchev–Trinajstić information content (AvgIpc) is 3.51. The number of amides is 2. The fourth-order valence-electron chi connectivity index (χ4n) is 2.93. The van der Waals surface area contributed by atoms with Gasteiger partial charge in [-0.05, 0) is 47.8 Å². The molecule has 0 bridgehead atoms. The van der Waals surface area contributed by atoms with Crippen LogP contribution < -0.4 is 15.6 Å². The zero-order valence-corrected chi connectivity index (χ0v) is 19.7. The van der Waals surface area contributed by atoms with E-state index in [1.807, 2.05) is 46.3 Å². The first-order chi connectivity index (χ1) is 16.1. The topological polar surface area (TPSA) is 98.1 Å². The van der Waals surface area contributed by atoms with Crippen LogP contribution in [0.5, 0.6) is 5.75 Å². The number of methoxy groups -OCH3 is 1. The normalized spacial score (nSPS) is 10.6. The second-order valence-corrected chi connectivity index (χ2v) is 8.92. The van der Waals surface area contributed by atoms with E-state index in [-0.39, 0.29) is 5.75 Å². The summed E-state index contributed by atoms with van der Waals surface area (Å²) in [4.78, 5) is 25.5. The molecule has 168 valence electrons. The van der Waals surface area contributed by atoms with Gasteiger partial charge in [-0.2, -0.15) is 0 Å². The van der Waals surface area contributed by atoms with Gasteiger partial charge in [-0.25, -0.2) is 0 Å². The van der Waals surface area contributed by atoms with Gasteiger partial charge >= 0.3 is 0 Å². The molecule has 0 aliphatic carbocycles. The molecule has 33 heavy (non-hydrogen) atoms. The van der Waals surface area contributed by atoms with Gasteiger partial charge < -0.3 is 4.74 Å². The van der Waals surface area contributed by atoms with Crippen molar-refractivity contribution in [3.05, 3.63) is 76.6 Å². The Labute approximate surface area is 202 Å². The van der Waals surface area contributed by atoms with Crippen molar-refractivity contribution >= 4 is 46.5 Å². The van der Waals surface area contributed by atoms with E-state index in [1.165, 1.54) is 23.1 Å². The van der Waals surface area contributed by atoms with Crippen molar-refractivity contribution in [2.75, 3.05) is 12.9 Å². The number of thioether (sulfide) groups is 1. The lowest BCUT2D eigenvalue weighted by molar-refractivity contribution is -0.119. The maximum atomic E-state index is 12.4. The highest BCUT2D eigenvalue weighted by molar-refractivity contribution is 7.99. The number of carbonyl (C=O) groups is 2. The lowest BCUT2D eigenvalue weighted by atomic mass is 10.2. The Morgan fingerprint density at radius 1 is 1.06 bits per heavy atom. The molecule has 0 aliphatic heterocycles. The number of para-hydroxylation sites is 2. The van der Waals surface area contributed by atoms with Crippen molar-refractivity contribution in [2.45, 2.75) is 5.16 Å². The smallest absolute Gasteiger partial charge is 0.269 e. The zero-order chi connectivity index (χ0) is 23.2. The molecule has 0 radical (unpaired) electrons. The minimum Gasteiger partial charge on any atom is -0.495 e. The number of halogens is 1. The second kappa shape index (κ2) is 10.5. The van der Waals surface area contributed by atoms with Gasteiger partial charge in [0.25, 0.3) is 5.91 Å². The summed E-state index contributed by atoms with van der Waals surface area (Å²) in [5.74, 6) is 0.473. The van der Waals surface area contributed by atoms with Gasteiger partial charge in [0.1, 0.15) is 5.75 Å². The van der Waals surface area contributed by atoms with E-state index in [4.69, 9.17) is 16.3 Å². The number of aromatic nitrogens is 3. The first-order valence-corrected chi connectivity index (χ1v) is 11.9. The molecule has 2 heterocycles. The van der Waals surface area contributed by atoms with E-state index in [2.05, 4.69) is 21.0 Å². The van der Waals surface area contributed by atoms with Crippen molar-refractivity contribution in [2.24, 2.45) is 0 Å². The van der Waals surface area contributed by atoms with E-state index in [1.54, 1.807) is 31.4 Å². The first kappa shape index (κ1) is 22.8. The number of hydrogen-bond donors (Lipinski definition) is 2. The highest BCUT2D eigenvalue weighted by Gasteiger charge is 2.20.